The van der Waals surface area contributed by atoms with Gasteiger partial charge in [0, 0.05) is 0 Å². The fourth-order valence-corrected chi connectivity index (χ4v) is 0. The Labute approximate surface area is 29.0 Å². The first-order valence-corrected chi connectivity index (χ1v) is 2.15. The van der Waals surface area contributed by atoms with Gasteiger partial charge in [-0.1, -0.05) is 0 Å². The van der Waals surface area contributed by atoms with Gasteiger partial charge in [-0.3, -0.25) is 4.89 Å². The monoisotopic (exact) mass is 93.0 g/mol. The largest absolute Gasteiger partial charge is 0.611 e. The van der Waals surface area contributed by atoms with E-state index in [0.717, 1.165) is 0 Å². The van der Waals surface area contributed by atoms with Crippen molar-refractivity contribution in [3.63, 3.8) is 0 Å². The molecule has 28 valence electrons. The molecule has 0 aromatic carbocycles. The molecular weight excluding hydrogens is 91.0 g/mol. The van der Waals surface area contributed by atoms with Gasteiger partial charge in [0.1, 0.15) is 0 Å². The molecule has 0 rings (SSSR count). The third kappa shape index (κ3) is 3.61. The average Bonchev–Trinajstić information content (AvgIpc) is 1.38. The molecule has 1 atom stereocenters. The van der Waals surface area contributed by atoms with Crippen LogP contribution in [0.25, 0.3) is 4.75 Å². The lowest BCUT2D eigenvalue weighted by Crippen LogP contribution is -1.30. The Kier molecular flexibility index (Phi) is 1.74. The van der Waals surface area contributed by atoms with Crippen molar-refractivity contribution in [3.05, 3.63) is 4.75 Å². The van der Waals surface area contributed by atoms with E-state index in [1.165, 1.54) is 0 Å². The number of rotatable bonds is 0. The van der Waals surface area contributed by atoms with E-state index >= 15 is 0 Å². The Morgan fingerprint density at radius 1 is 2.00 bits per heavy atom. The Morgan fingerprint density at radius 2 is 2.20 bits per heavy atom. The Bertz CT molecular complexity index is 80.1. The van der Waals surface area contributed by atoms with Crippen molar-refractivity contribution < 1.29 is 9.46 Å². The number of nitrogens with zero attached hydrogens (tertiary/aromatic N) is 2. The van der Waals surface area contributed by atoms with Crippen LogP contribution in [0.1, 0.15) is 0 Å². The van der Waals surface area contributed by atoms with Gasteiger partial charge in [-0.25, -0.2) is 4.57 Å². The number of hydrogen-bond acceptors (Lipinski definition) is 2. The molecule has 0 fully saturated rings. The molecule has 0 saturated carbocycles. The fourth-order valence-electron chi connectivity index (χ4n) is 0. The maximum absolute atomic E-state index is 9.14. The van der Waals surface area contributed by atoms with Gasteiger partial charge in [0.15, 0.2) is 4.75 Å². The summed E-state index contributed by atoms with van der Waals surface area (Å²) < 4.78 is 11.1. The van der Waals surface area contributed by atoms with E-state index < -0.39 is 8.18 Å². The second kappa shape index (κ2) is 1.89. The van der Waals surface area contributed by atoms with Gasteiger partial charge in [-0.2, -0.15) is 0 Å². The van der Waals surface area contributed by atoms with Gasteiger partial charge in [-0.05, 0) is 0 Å². The van der Waals surface area contributed by atoms with Crippen molar-refractivity contribution >= 4 is 8.18 Å². The molecule has 0 aliphatic heterocycles. The van der Waals surface area contributed by atoms with Crippen molar-refractivity contribution in [2.75, 3.05) is 0 Å². The van der Waals surface area contributed by atoms with E-state index in [1.807, 2.05) is 4.75 Å². The van der Waals surface area contributed by atoms with Crippen LogP contribution in [0.15, 0.2) is 0 Å². The van der Waals surface area contributed by atoms with E-state index in [4.69, 9.17) is 14.9 Å². The fraction of sp³-hybridized carbons (Fsp3) is 0. The predicted octanol–water partition coefficient (Wildman–Crippen LogP) is 0.221. The van der Waals surface area contributed by atoms with E-state index in [9.17, 15) is 0 Å². The molecule has 0 amide bonds. The molecule has 0 saturated heterocycles. The third-order valence-electron chi connectivity index (χ3n) is 0.0855. The Hall–Kier alpha value is -0.390. The minimum Gasteiger partial charge on any atom is -0.281 e. The van der Waals surface area contributed by atoms with Gasteiger partial charge in [0.2, 0.25) is 5.39 Å². The smallest absolute Gasteiger partial charge is 0.281 e. The van der Waals surface area contributed by atoms with Crippen LogP contribution >= 0.6 is 8.18 Å². The molecule has 4 nitrogen and oxygen atoms in total. The van der Waals surface area contributed by atoms with Gasteiger partial charge in [0.05, 0.1) is 0 Å². The molecular formula is H2N2O2P+. The predicted molar refractivity (Wildman–Crippen MR) is 16.3 cm³/mol. The molecule has 0 aromatic rings. The first-order chi connectivity index (χ1) is 2.27. The molecule has 5 heteroatoms. The van der Waals surface area contributed by atoms with Crippen molar-refractivity contribution in [2.45, 2.75) is 0 Å². The summed E-state index contributed by atoms with van der Waals surface area (Å²) in [5, 5.41) is 7.25. The zero-order valence-corrected chi connectivity index (χ0v) is 3.25. The van der Waals surface area contributed by atoms with Crippen LogP contribution in [-0.2, 0) is 4.57 Å². The highest BCUT2D eigenvalue weighted by molar-refractivity contribution is 7.40. The highest BCUT2D eigenvalue weighted by Crippen LogP contribution is 2.11. The zero-order chi connectivity index (χ0) is 4.28. The lowest BCUT2D eigenvalue weighted by atomic mass is 13.4. The van der Waals surface area contributed by atoms with Crippen LogP contribution in [0.3, 0.4) is 0 Å². The first kappa shape index (κ1) is 4.61. The highest BCUT2D eigenvalue weighted by atomic mass is 31.1. The summed E-state index contributed by atoms with van der Waals surface area (Å²) in [4.78, 5) is 7.49. The number of diazo groups is 1. The summed E-state index contributed by atoms with van der Waals surface area (Å²) >= 11 is 0. The summed E-state index contributed by atoms with van der Waals surface area (Å²) in [5.74, 6) is 0. The van der Waals surface area contributed by atoms with Crippen molar-refractivity contribution in [1.82, 2.24) is 0 Å². The lowest BCUT2D eigenvalue weighted by Gasteiger charge is -1.41. The normalized spacial score (nSPS) is 12.8. The molecule has 0 aliphatic carbocycles. The maximum atomic E-state index is 9.14. The Balaban J connectivity index is 3.35. The molecule has 0 aromatic heterocycles. The second-order valence-corrected chi connectivity index (χ2v) is 1.15. The standard InChI is InChI=1S/HN2O2P/c1-2-5(3)4/h5H/p+1. The van der Waals surface area contributed by atoms with Crippen LogP contribution in [0.5, 0.6) is 0 Å². The summed E-state index contributed by atoms with van der Waals surface area (Å²) in [6.45, 7) is 0. The van der Waals surface area contributed by atoms with Crippen molar-refractivity contribution in [2.24, 2.45) is 0 Å². The minimum absolute atomic E-state index is 1.99. The third-order valence-corrected chi connectivity index (χ3v) is 0.257. The van der Waals surface area contributed by atoms with E-state index in [0.29, 0.717) is 0 Å². The maximum Gasteiger partial charge on any atom is 0.611 e. The molecule has 1 unspecified atom stereocenters. The van der Waals surface area contributed by atoms with Crippen LogP contribution in [-0.4, -0.2) is 4.89 Å². The molecule has 0 spiro atoms. The van der Waals surface area contributed by atoms with E-state index in [2.05, 4.69) is 0 Å². The minimum atomic E-state index is -2.94. The lowest BCUT2D eigenvalue weighted by molar-refractivity contribution is 0.511. The SMILES string of the molecule is N#[N+][PH](=O)O. The molecule has 0 radical (unpaired) electrons. The van der Waals surface area contributed by atoms with Crippen LogP contribution < -0.4 is 0 Å². The quantitative estimate of drug-likeness (QED) is 0.344. The second-order valence-electron chi connectivity index (χ2n) is 0.383. The molecule has 5 heavy (non-hydrogen) atoms. The highest BCUT2D eigenvalue weighted by Gasteiger charge is 1.94. The van der Waals surface area contributed by atoms with Gasteiger partial charge >= 0.3 is 8.18 Å². The first-order valence-electron chi connectivity index (χ1n) is 0.851. The zero-order valence-electron chi connectivity index (χ0n) is 2.25. The van der Waals surface area contributed by atoms with Gasteiger partial charge < -0.3 is 0 Å². The topological polar surface area (TPSA) is 65.5 Å². The van der Waals surface area contributed by atoms with Crippen LogP contribution in [0.4, 0.5) is 0 Å². The van der Waals surface area contributed by atoms with Crippen LogP contribution in [0.2, 0.25) is 0 Å². The number of hydrogen-bond donors (Lipinski definition) is 1. The van der Waals surface area contributed by atoms with E-state index in [-0.39, 0.29) is 0 Å². The summed E-state index contributed by atoms with van der Waals surface area (Å²) in [6, 6.07) is 0. The average molecular weight is 93.0 g/mol. The summed E-state index contributed by atoms with van der Waals surface area (Å²) in [7, 11) is -2.94. The summed E-state index contributed by atoms with van der Waals surface area (Å²) in [5.41, 5.74) is 0. The van der Waals surface area contributed by atoms with Gasteiger partial charge in [-0.15, -0.1) is 0 Å². The van der Waals surface area contributed by atoms with Crippen LogP contribution in [0, 0.1) is 5.39 Å². The van der Waals surface area contributed by atoms with Crippen molar-refractivity contribution in [1.29, 1.82) is 5.39 Å². The molecule has 0 aliphatic rings. The van der Waals surface area contributed by atoms with Crippen molar-refractivity contribution in [3.8, 4) is 0 Å². The summed E-state index contributed by atoms with van der Waals surface area (Å²) in [6.07, 6.45) is 0. The Morgan fingerprint density at radius 3 is 2.20 bits per heavy atom. The molecule has 0 bridgehead atoms. The van der Waals surface area contributed by atoms with E-state index in [1.54, 1.807) is 0 Å². The molecule has 1 N–H and O–H groups in total. The molecule has 0 heterocycles. The van der Waals surface area contributed by atoms with Gasteiger partial charge in [0.25, 0.3) is 0 Å².